The maximum absolute atomic E-state index is 12.9. The van der Waals surface area contributed by atoms with Crippen LogP contribution in [0.15, 0.2) is 18.2 Å². The van der Waals surface area contributed by atoms with Gasteiger partial charge in [0.25, 0.3) is 0 Å². The smallest absolute Gasteiger partial charge is 0.123 e. The fraction of sp³-hybridized carbons (Fsp3) is 0.571. The first-order chi connectivity index (χ1) is 7.94. The normalized spacial score (nSPS) is 11.8. The Balaban J connectivity index is 2.46. The molecule has 0 saturated heterocycles. The van der Waals surface area contributed by atoms with Gasteiger partial charge < -0.3 is 10.1 Å². The number of ether oxygens (including phenoxy) is 1. The quantitative estimate of drug-likeness (QED) is 0.824. The van der Waals surface area contributed by atoms with Gasteiger partial charge >= 0.3 is 0 Å². The van der Waals surface area contributed by atoms with Crippen LogP contribution in [0.5, 0.6) is 0 Å². The molecular formula is C14H22FNO. The first kappa shape index (κ1) is 14.1. The van der Waals surface area contributed by atoms with Crippen LogP contribution in [0, 0.1) is 12.7 Å². The van der Waals surface area contributed by atoms with Gasteiger partial charge in [0.15, 0.2) is 0 Å². The third-order valence-electron chi connectivity index (χ3n) is 2.71. The molecule has 0 radical (unpaired) electrons. The van der Waals surface area contributed by atoms with E-state index in [0.717, 1.165) is 24.2 Å². The molecular weight excluding hydrogens is 217 g/mol. The highest BCUT2D eigenvalue weighted by Crippen LogP contribution is 2.11. The molecule has 0 atom stereocenters. The van der Waals surface area contributed by atoms with Crippen molar-refractivity contribution < 1.29 is 9.13 Å². The van der Waals surface area contributed by atoms with E-state index in [0.29, 0.717) is 6.61 Å². The fourth-order valence-corrected chi connectivity index (χ4v) is 1.80. The Bertz CT molecular complexity index is 363. The molecule has 0 spiro atoms. The minimum absolute atomic E-state index is 0.164. The van der Waals surface area contributed by atoms with Crippen LogP contribution in [-0.4, -0.2) is 18.8 Å². The highest BCUT2D eigenvalue weighted by molar-refractivity contribution is 5.26. The summed E-state index contributed by atoms with van der Waals surface area (Å²) in [6, 6.07) is 4.88. The summed E-state index contributed by atoms with van der Waals surface area (Å²) in [5.41, 5.74) is 1.94. The zero-order valence-electron chi connectivity index (χ0n) is 11.1. The molecule has 0 amide bonds. The number of hydrogen-bond donors (Lipinski definition) is 1. The molecule has 0 aliphatic heterocycles. The molecule has 0 aliphatic carbocycles. The van der Waals surface area contributed by atoms with Gasteiger partial charge in [0.1, 0.15) is 5.82 Å². The first-order valence-corrected chi connectivity index (χ1v) is 6.04. The SMILES string of the molecule is CCOC(C)(C)CNCc1ccc(F)cc1C. The van der Waals surface area contributed by atoms with Gasteiger partial charge in [-0.25, -0.2) is 4.39 Å². The number of nitrogens with one attached hydrogen (secondary N) is 1. The molecule has 1 aromatic carbocycles. The van der Waals surface area contributed by atoms with Crippen LogP contribution in [0.1, 0.15) is 31.9 Å². The molecule has 1 rings (SSSR count). The summed E-state index contributed by atoms with van der Waals surface area (Å²) in [5, 5.41) is 3.34. The standard InChI is InChI=1S/C14H22FNO/c1-5-17-14(3,4)10-16-9-12-6-7-13(15)8-11(12)2/h6-8,16H,5,9-10H2,1-4H3. The van der Waals surface area contributed by atoms with Crippen LogP contribution < -0.4 is 5.32 Å². The van der Waals surface area contributed by atoms with Crippen LogP contribution in [0.2, 0.25) is 0 Å². The average molecular weight is 239 g/mol. The van der Waals surface area contributed by atoms with Crippen molar-refractivity contribution in [1.29, 1.82) is 0 Å². The minimum Gasteiger partial charge on any atom is -0.375 e. The molecule has 96 valence electrons. The molecule has 0 aliphatic rings. The summed E-state index contributed by atoms with van der Waals surface area (Å²) in [6.07, 6.45) is 0. The van der Waals surface area contributed by atoms with Gasteiger partial charge in [0.05, 0.1) is 5.60 Å². The van der Waals surface area contributed by atoms with Crippen molar-refractivity contribution in [2.45, 2.75) is 39.8 Å². The zero-order chi connectivity index (χ0) is 12.9. The second-order valence-electron chi connectivity index (χ2n) is 4.87. The Kier molecular flexibility index (Phi) is 5.09. The summed E-state index contributed by atoms with van der Waals surface area (Å²) in [6.45, 7) is 10.3. The van der Waals surface area contributed by atoms with Gasteiger partial charge in [-0.3, -0.25) is 0 Å². The van der Waals surface area contributed by atoms with Gasteiger partial charge in [-0.1, -0.05) is 6.07 Å². The fourth-order valence-electron chi connectivity index (χ4n) is 1.80. The second-order valence-corrected chi connectivity index (χ2v) is 4.87. The average Bonchev–Trinajstić information content (AvgIpc) is 2.21. The van der Waals surface area contributed by atoms with E-state index in [4.69, 9.17) is 4.74 Å². The van der Waals surface area contributed by atoms with Crippen LogP contribution in [0.3, 0.4) is 0 Å². The van der Waals surface area contributed by atoms with E-state index in [1.54, 1.807) is 6.07 Å². The van der Waals surface area contributed by atoms with E-state index < -0.39 is 0 Å². The summed E-state index contributed by atoms with van der Waals surface area (Å²) < 4.78 is 18.5. The monoisotopic (exact) mass is 239 g/mol. The van der Waals surface area contributed by atoms with Gasteiger partial charge in [-0.15, -0.1) is 0 Å². The predicted octanol–water partition coefficient (Wildman–Crippen LogP) is 3.04. The van der Waals surface area contributed by atoms with Crippen LogP contribution >= 0.6 is 0 Å². The number of rotatable bonds is 6. The topological polar surface area (TPSA) is 21.3 Å². The van der Waals surface area contributed by atoms with E-state index >= 15 is 0 Å². The van der Waals surface area contributed by atoms with E-state index in [1.165, 1.54) is 6.07 Å². The van der Waals surface area contributed by atoms with Crippen molar-refractivity contribution in [1.82, 2.24) is 5.32 Å². The van der Waals surface area contributed by atoms with Crippen LogP contribution in [0.4, 0.5) is 4.39 Å². The number of hydrogen-bond acceptors (Lipinski definition) is 2. The van der Waals surface area contributed by atoms with Crippen molar-refractivity contribution in [2.75, 3.05) is 13.2 Å². The Labute approximate surface area is 103 Å². The third-order valence-corrected chi connectivity index (χ3v) is 2.71. The number of halogens is 1. The lowest BCUT2D eigenvalue weighted by atomic mass is 10.1. The molecule has 1 N–H and O–H groups in total. The van der Waals surface area contributed by atoms with Crippen molar-refractivity contribution >= 4 is 0 Å². The van der Waals surface area contributed by atoms with Gasteiger partial charge in [0.2, 0.25) is 0 Å². The molecule has 3 heteroatoms. The maximum Gasteiger partial charge on any atom is 0.123 e. The predicted molar refractivity (Wildman–Crippen MR) is 68.5 cm³/mol. The van der Waals surface area contributed by atoms with Gasteiger partial charge in [0, 0.05) is 19.7 Å². The van der Waals surface area contributed by atoms with E-state index in [9.17, 15) is 4.39 Å². The summed E-state index contributed by atoms with van der Waals surface area (Å²) in [7, 11) is 0. The lowest BCUT2D eigenvalue weighted by molar-refractivity contribution is -0.00898. The molecule has 0 unspecified atom stereocenters. The molecule has 0 saturated carbocycles. The first-order valence-electron chi connectivity index (χ1n) is 6.04. The molecule has 0 bridgehead atoms. The van der Waals surface area contributed by atoms with Gasteiger partial charge in [-0.2, -0.15) is 0 Å². The zero-order valence-corrected chi connectivity index (χ0v) is 11.1. The Morgan fingerprint density at radius 1 is 1.35 bits per heavy atom. The summed E-state index contributed by atoms with van der Waals surface area (Å²) in [5.74, 6) is -0.180. The number of benzene rings is 1. The Morgan fingerprint density at radius 2 is 2.06 bits per heavy atom. The maximum atomic E-state index is 12.9. The number of aryl methyl sites for hydroxylation is 1. The molecule has 0 fully saturated rings. The Morgan fingerprint density at radius 3 is 2.65 bits per heavy atom. The molecule has 17 heavy (non-hydrogen) atoms. The van der Waals surface area contributed by atoms with E-state index in [1.807, 2.05) is 19.9 Å². The van der Waals surface area contributed by atoms with Crippen molar-refractivity contribution in [3.63, 3.8) is 0 Å². The Hall–Kier alpha value is -0.930. The molecule has 0 heterocycles. The largest absolute Gasteiger partial charge is 0.375 e. The molecule has 0 aromatic heterocycles. The lowest BCUT2D eigenvalue weighted by Crippen LogP contribution is -2.37. The highest BCUT2D eigenvalue weighted by Gasteiger charge is 2.16. The van der Waals surface area contributed by atoms with Crippen LogP contribution in [0.25, 0.3) is 0 Å². The van der Waals surface area contributed by atoms with E-state index in [2.05, 4.69) is 19.2 Å². The third kappa shape index (κ3) is 4.84. The highest BCUT2D eigenvalue weighted by atomic mass is 19.1. The van der Waals surface area contributed by atoms with Crippen molar-refractivity contribution in [3.05, 3.63) is 35.1 Å². The van der Waals surface area contributed by atoms with Crippen molar-refractivity contribution in [3.8, 4) is 0 Å². The second kappa shape index (κ2) is 6.12. The molecule has 2 nitrogen and oxygen atoms in total. The van der Waals surface area contributed by atoms with Crippen LogP contribution in [-0.2, 0) is 11.3 Å². The molecule has 1 aromatic rings. The van der Waals surface area contributed by atoms with Crippen molar-refractivity contribution in [2.24, 2.45) is 0 Å². The van der Waals surface area contributed by atoms with Gasteiger partial charge in [-0.05, 0) is 51.0 Å². The van der Waals surface area contributed by atoms with E-state index in [-0.39, 0.29) is 11.4 Å². The lowest BCUT2D eigenvalue weighted by Gasteiger charge is -2.25. The summed E-state index contributed by atoms with van der Waals surface area (Å²) >= 11 is 0. The minimum atomic E-state index is -0.180. The summed E-state index contributed by atoms with van der Waals surface area (Å²) in [4.78, 5) is 0.